The number of hydrogen-bond donors (Lipinski definition) is 1. The summed E-state index contributed by atoms with van der Waals surface area (Å²) in [7, 11) is 0. The van der Waals surface area contributed by atoms with Crippen molar-refractivity contribution in [2.45, 2.75) is 19.3 Å². The molecule has 3 rings (SSSR count). The molecule has 19 heavy (non-hydrogen) atoms. The molecule has 1 N–H and O–H groups in total. The van der Waals surface area contributed by atoms with Crippen molar-refractivity contribution in [3.05, 3.63) is 30.1 Å². The average Bonchev–Trinajstić information content (AvgIpc) is 2.70. The van der Waals surface area contributed by atoms with E-state index in [4.69, 9.17) is 0 Å². The Morgan fingerprint density at radius 2 is 1.74 bits per heavy atom. The van der Waals surface area contributed by atoms with Gasteiger partial charge in [-0.25, -0.2) is 4.39 Å². The summed E-state index contributed by atoms with van der Waals surface area (Å²) in [6, 6.07) is 6.20. The first-order valence-electron chi connectivity index (χ1n) is 6.50. The van der Waals surface area contributed by atoms with E-state index >= 15 is 0 Å². The van der Waals surface area contributed by atoms with Gasteiger partial charge >= 0.3 is 0 Å². The number of carbonyl (C=O) groups is 1. The fourth-order valence-corrected chi connectivity index (χ4v) is 3.06. The quantitative estimate of drug-likeness (QED) is 0.859. The maximum atomic E-state index is 12.9. The molecule has 2 fully saturated rings. The second-order valence-corrected chi connectivity index (χ2v) is 5.21. The van der Waals surface area contributed by atoms with Crippen LogP contribution < -0.4 is 10.2 Å². The number of hydrogen-bond acceptors (Lipinski definition) is 2. The first-order valence-corrected chi connectivity index (χ1v) is 6.50. The third-order valence-electron chi connectivity index (χ3n) is 4.21. The number of nitrogens with zero attached hydrogens (tertiary/aromatic N) is 1. The smallest absolute Gasteiger partial charge is 0.233 e. The number of amides is 1. The summed E-state index contributed by atoms with van der Waals surface area (Å²) in [6.07, 6.45) is 2.76. The molecule has 0 atom stereocenters. The zero-order valence-corrected chi connectivity index (χ0v) is 11.5. The van der Waals surface area contributed by atoms with Gasteiger partial charge in [-0.2, -0.15) is 0 Å². The number of nitrogens with one attached hydrogen (secondary N) is 1. The van der Waals surface area contributed by atoms with Crippen molar-refractivity contribution in [3.63, 3.8) is 0 Å². The van der Waals surface area contributed by atoms with E-state index in [1.165, 1.54) is 12.1 Å². The van der Waals surface area contributed by atoms with Gasteiger partial charge in [0.05, 0.1) is 5.41 Å². The fraction of sp³-hybridized carbons (Fsp3) is 0.500. The highest BCUT2D eigenvalue weighted by Gasteiger charge is 2.47. The summed E-state index contributed by atoms with van der Waals surface area (Å²) in [5.41, 5.74) is 0.649. The predicted molar refractivity (Wildman–Crippen MR) is 75.2 cm³/mol. The molecule has 2 aliphatic rings. The molecular weight excluding hydrogens is 267 g/mol. The van der Waals surface area contributed by atoms with E-state index in [-0.39, 0.29) is 29.5 Å². The molecule has 1 spiro atoms. The van der Waals surface area contributed by atoms with E-state index in [0.717, 1.165) is 44.6 Å². The molecule has 1 aromatic rings. The van der Waals surface area contributed by atoms with Crippen molar-refractivity contribution in [3.8, 4) is 0 Å². The normalized spacial score (nSPS) is 21.5. The standard InChI is InChI=1S/C14H17FN2O.ClH/c15-11-1-3-12(4-2-11)17-10-7-14(13(17)18)5-8-16-9-6-14;/h1-4,16H,5-10H2;1H. The van der Waals surface area contributed by atoms with Gasteiger partial charge in [-0.1, -0.05) is 0 Å². The lowest BCUT2D eigenvalue weighted by Crippen LogP contribution is -2.42. The first kappa shape index (κ1) is 14.3. The van der Waals surface area contributed by atoms with Gasteiger partial charge in [-0.05, 0) is 56.6 Å². The minimum atomic E-state index is -0.262. The van der Waals surface area contributed by atoms with Crippen LogP contribution in [0.3, 0.4) is 0 Å². The molecule has 0 unspecified atom stereocenters. The highest BCUT2D eigenvalue weighted by atomic mass is 35.5. The molecule has 0 bridgehead atoms. The number of carbonyl (C=O) groups excluding carboxylic acids is 1. The fourth-order valence-electron chi connectivity index (χ4n) is 3.06. The highest BCUT2D eigenvalue weighted by molar-refractivity contribution is 5.99. The van der Waals surface area contributed by atoms with Crippen LogP contribution in [0.2, 0.25) is 0 Å². The first-order chi connectivity index (χ1) is 8.71. The minimum Gasteiger partial charge on any atom is -0.317 e. The average molecular weight is 285 g/mol. The summed E-state index contributed by atoms with van der Waals surface area (Å²) >= 11 is 0. The van der Waals surface area contributed by atoms with Crippen molar-refractivity contribution in [2.75, 3.05) is 24.5 Å². The third-order valence-corrected chi connectivity index (χ3v) is 4.21. The van der Waals surface area contributed by atoms with Crippen LogP contribution in [0.5, 0.6) is 0 Å². The molecule has 2 heterocycles. The Morgan fingerprint density at radius 1 is 1.11 bits per heavy atom. The van der Waals surface area contributed by atoms with Crippen LogP contribution in [0.25, 0.3) is 0 Å². The molecule has 2 saturated heterocycles. The third kappa shape index (κ3) is 2.47. The number of benzene rings is 1. The SMILES string of the molecule is Cl.O=C1N(c2ccc(F)cc2)CCC12CCNCC2. The van der Waals surface area contributed by atoms with Crippen LogP contribution in [-0.2, 0) is 4.79 Å². The van der Waals surface area contributed by atoms with Gasteiger partial charge in [0.25, 0.3) is 0 Å². The van der Waals surface area contributed by atoms with Crippen LogP contribution in [0.1, 0.15) is 19.3 Å². The van der Waals surface area contributed by atoms with Gasteiger partial charge in [-0.15, -0.1) is 12.4 Å². The molecule has 2 aliphatic heterocycles. The molecule has 0 aliphatic carbocycles. The Morgan fingerprint density at radius 3 is 2.37 bits per heavy atom. The highest BCUT2D eigenvalue weighted by Crippen LogP contribution is 2.41. The van der Waals surface area contributed by atoms with E-state index in [0.29, 0.717) is 0 Å². The maximum absolute atomic E-state index is 12.9. The lowest BCUT2D eigenvalue weighted by Gasteiger charge is -2.32. The largest absolute Gasteiger partial charge is 0.317 e. The maximum Gasteiger partial charge on any atom is 0.233 e. The van der Waals surface area contributed by atoms with Crippen molar-refractivity contribution < 1.29 is 9.18 Å². The Balaban J connectivity index is 0.00000133. The second-order valence-electron chi connectivity index (χ2n) is 5.21. The number of anilines is 1. The Bertz CT molecular complexity index is 457. The zero-order chi connectivity index (χ0) is 12.6. The molecule has 5 heteroatoms. The second kappa shape index (κ2) is 5.47. The molecular formula is C14H18ClFN2O. The summed E-state index contributed by atoms with van der Waals surface area (Å²) in [5.74, 6) is -0.0439. The summed E-state index contributed by atoms with van der Waals surface area (Å²) in [6.45, 7) is 2.59. The molecule has 0 aromatic heterocycles. The van der Waals surface area contributed by atoms with Gasteiger partial charge < -0.3 is 10.2 Å². The van der Waals surface area contributed by atoms with E-state index in [9.17, 15) is 9.18 Å². The van der Waals surface area contributed by atoms with Gasteiger partial charge in [-0.3, -0.25) is 4.79 Å². The van der Waals surface area contributed by atoms with E-state index in [1.54, 1.807) is 12.1 Å². The van der Waals surface area contributed by atoms with Crippen LogP contribution in [0.4, 0.5) is 10.1 Å². The topological polar surface area (TPSA) is 32.3 Å². The molecule has 0 radical (unpaired) electrons. The van der Waals surface area contributed by atoms with Gasteiger partial charge in [0.1, 0.15) is 5.82 Å². The van der Waals surface area contributed by atoms with Crippen LogP contribution in [0.15, 0.2) is 24.3 Å². The lowest BCUT2D eigenvalue weighted by atomic mass is 9.78. The van der Waals surface area contributed by atoms with E-state index in [1.807, 2.05) is 4.90 Å². The van der Waals surface area contributed by atoms with Crippen LogP contribution in [-0.4, -0.2) is 25.5 Å². The Labute approximate surface area is 118 Å². The lowest BCUT2D eigenvalue weighted by molar-refractivity contribution is -0.126. The zero-order valence-electron chi connectivity index (χ0n) is 10.7. The van der Waals surface area contributed by atoms with Gasteiger partial charge in [0.15, 0.2) is 0 Å². The minimum absolute atomic E-state index is 0. The van der Waals surface area contributed by atoms with Crippen LogP contribution in [0, 0.1) is 11.2 Å². The summed E-state index contributed by atoms with van der Waals surface area (Å²) < 4.78 is 12.9. The number of piperidine rings is 1. The number of rotatable bonds is 1. The predicted octanol–water partition coefficient (Wildman–Crippen LogP) is 2.35. The molecule has 1 amide bonds. The van der Waals surface area contributed by atoms with Crippen molar-refractivity contribution >= 4 is 24.0 Å². The molecule has 3 nitrogen and oxygen atoms in total. The van der Waals surface area contributed by atoms with Crippen molar-refractivity contribution in [2.24, 2.45) is 5.41 Å². The molecule has 104 valence electrons. The van der Waals surface area contributed by atoms with E-state index < -0.39 is 0 Å². The summed E-state index contributed by atoms with van der Waals surface area (Å²) in [5, 5.41) is 3.30. The molecule has 0 saturated carbocycles. The van der Waals surface area contributed by atoms with Crippen molar-refractivity contribution in [1.82, 2.24) is 5.32 Å². The van der Waals surface area contributed by atoms with Crippen LogP contribution >= 0.6 is 12.4 Å². The van der Waals surface area contributed by atoms with Gasteiger partial charge in [0.2, 0.25) is 5.91 Å². The van der Waals surface area contributed by atoms with Gasteiger partial charge in [0, 0.05) is 12.2 Å². The number of halogens is 2. The van der Waals surface area contributed by atoms with Crippen molar-refractivity contribution in [1.29, 1.82) is 0 Å². The Kier molecular flexibility index (Phi) is 4.11. The molecule has 1 aromatic carbocycles. The monoisotopic (exact) mass is 284 g/mol. The summed E-state index contributed by atoms with van der Waals surface area (Å²) in [4.78, 5) is 14.4. The van der Waals surface area contributed by atoms with E-state index in [2.05, 4.69) is 5.32 Å². The Hall–Kier alpha value is -1.13.